The molecule has 1 amide bonds. The third-order valence-electron chi connectivity index (χ3n) is 2.52. The molecule has 0 aromatic heterocycles. The number of ether oxygens (including phenoxy) is 2. The minimum Gasteiger partial charge on any atom is -0.494 e. The molecule has 0 atom stereocenters. The van der Waals surface area contributed by atoms with Crippen molar-refractivity contribution in [3.8, 4) is 5.75 Å². The zero-order valence-electron chi connectivity index (χ0n) is 11.6. The van der Waals surface area contributed by atoms with Gasteiger partial charge in [0.05, 0.1) is 19.8 Å². The first-order valence-corrected chi connectivity index (χ1v) is 6.58. The lowest BCUT2D eigenvalue weighted by Gasteiger charge is -2.16. The molecule has 0 radical (unpaired) electrons. The average molecular weight is 266 g/mol. The van der Waals surface area contributed by atoms with Crippen LogP contribution in [0.2, 0.25) is 0 Å². The van der Waals surface area contributed by atoms with E-state index in [-0.39, 0.29) is 0 Å². The van der Waals surface area contributed by atoms with Gasteiger partial charge in [-0.05, 0) is 31.0 Å². The van der Waals surface area contributed by atoms with Gasteiger partial charge >= 0.3 is 6.09 Å². The maximum atomic E-state index is 11.4. The van der Waals surface area contributed by atoms with Crippen LogP contribution in [-0.2, 0) is 11.3 Å². The lowest BCUT2D eigenvalue weighted by Crippen LogP contribution is -2.37. The Hall–Kier alpha value is -1.75. The van der Waals surface area contributed by atoms with Crippen LogP contribution in [0.5, 0.6) is 5.75 Å². The summed E-state index contributed by atoms with van der Waals surface area (Å²) in [4.78, 5) is 11.4. The molecule has 0 aliphatic rings. The fraction of sp³-hybridized carbons (Fsp3) is 0.500. The van der Waals surface area contributed by atoms with Crippen LogP contribution < -0.4 is 10.6 Å². The summed E-state index contributed by atoms with van der Waals surface area (Å²) in [6.07, 6.45) is 1.59. The van der Waals surface area contributed by atoms with E-state index in [0.29, 0.717) is 19.8 Å². The Morgan fingerprint density at radius 3 is 2.84 bits per heavy atom. The van der Waals surface area contributed by atoms with Gasteiger partial charge in [-0.2, -0.15) is 0 Å². The highest BCUT2D eigenvalue weighted by molar-refractivity contribution is 5.66. The molecule has 0 unspecified atom stereocenters. The minimum atomic E-state index is -0.528. The molecule has 0 fully saturated rings. The second kappa shape index (κ2) is 8.37. The van der Waals surface area contributed by atoms with Crippen molar-refractivity contribution in [1.29, 1.82) is 0 Å². The minimum absolute atomic E-state index is 0.295. The smallest absolute Gasteiger partial charge is 0.424 e. The molecule has 106 valence electrons. The summed E-state index contributed by atoms with van der Waals surface area (Å²) in [5, 5.41) is 1.05. The number of nitrogens with zero attached hydrogens (tertiary/aromatic N) is 1. The molecule has 19 heavy (non-hydrogen) atoms. The van der Waals surface area contributed by atoms with Gasteiger partial charge in [-0.3, -0.25) is 0 Å². The zero-order chi connectivity index (χ0) is 14.1. The van der Waals surface area contributed by atoms with Crippen molar-refractivity contribution in [3.63, 3.8) is 0 Å². The highest BCUT2D eigenvalue weighted by Crippen LogP contribution is 2.15. The van der Waals surface area contributed by atoms with Crippen LogP contribution in [0.4, 0.5) is 4.79 Å². The van der Waals surface area contributed by atoms with Crippen LogP contribution in [0, 0.1) is 0 Å². The van der Waals surface area contributed by atoms with Crippen molar-refractivity contribution in [1.82, 2.24) is 5.01 Å². The number of nitrogens with two attached hydrogens (primary N) is 1. The molecule has 1 aromatic carbocycles. The van der Waals surface area contributed by atoms with Crippen molar-refractivity contribution in [2.24, 2.45) is 5.84 Å². The van der Waals surface area contributed by atoms with Gasteiger partial charge in [0.2, 0.25) is 0 Å². The van der Waals surface area contributed by atoms with Gasteiger partial charge < -0.3 is 9.47 Å². The number of unbranched alkanes of at least 4 members (excludes halogenated alkanes) is 1. The first kappa shape index (κ1) is 15.3. The van der Waals surface area contributed by atoms with E-state index in [1.807, 2.05) is 24.3 Å². The summed E-state index contributed by atoms with van der Waals surface area (Å²) >= 11 is 0. The Balaban J connectivity index is 2.53. The number of rotatable bonds is 7. The average Bonchev–Trinajstić information content (AvgIpc) is 2.40. The number of hydrogen-bond acceptors (Lipinski definition) is 4. The number of carbonyl (C=O) groups excluding carboxylic acids is 1. The second-order valence-electron chi connectivity index (χ2n) is 4.18. The van der Waals surface area contributed by atoms with Gasteiger partial charge in [0, 0.05) is 0 Å². The van der Waals surface area contributed by atoms with E-state index < -0.39 is 6.09 Å². The van der Waals surface area contributed by atoms with Gasteiger partial charge in [0.15, 0.2) is 0 Å². The molecule has 2 N–H and O–H groups in total. The summed E-state index contributed by atoms with van der Waals surface area (Å²) < 4.78 is 10.4. The summed E-state index contributed by atoms with van der Waals surface area (Å²) in [5.41, 5.74) is 0.907. The number of carbonyl (C=O) groups is 1. The van der Waals surface area contributed by atoms with Crippen molar-refractivity contribution >= 4 is 6.09 Å². The molecule has 0 spiro atoms. The van der Waals surface area contributed by atoms with Gasteiger partial charge in [-0.25, -0.2) is 15.6 Å². The summed E-state index contributed by atoms with van der Waals surface area (Å²) in [5.74, 6) is 6.42. The topological polar surface area (TPSA) is 64.8 Å². The Kier molecular flexibility index (Phi) is 6.74. The van der Waals surface area contributed by atoms with Crippen LogP contribution in [-0.4, -0.2) is 24.3 Å². The number of hydrazine groups is 1. The molecule has 0 bridgehead atoms. The van der Waals surface area contributed by atoms with Crippen molar-refractivity contribution in [2.45, 2.75) is 33.2 Å². The van der Waals surface area contributed by atoms with Gasteiger partial charge in [0.25, 0.3) is 0 Å². The van der Waals surface area contributed by atoms with Crippen LogP contribution in [0.3, 0.4) is 0 Å². The Bertz CT molecular complexity index is 396. The molecule has 5 nitrogen and oxygen atoms in total. The molecule has 1 aromatic rings. The quantitative estimate of drug-likeness (QED) is 0.357. The lowest BCUT2D eigenvalue weighted by atomic mass is 10.2. The van der Waals surface area contributed by atoms with E-state index >= 15 is 0 Å². The van der Waals surface area contributed by atoms with E-state index in [4.69, 9.17) is 15.3 Å². The zero-order valence-corrected chi connectivity index (χ0v) is 11.6. The van der Waals surface area contributed by atoms with Gasteiger partial charge in [0.1, 0.15) is 5.75 Å². The van der Waals surface area contributed by atoms with E-state index in [0.717, 1.165) is 29.2 Å². The molecular formula is C14H22N2O3. The van der Waals surface area contributed by atoms with E-state index in [9.17, 15) is 4.79 Å². The van der Waals surface area contributed by atoms with Gasteiger partial charge in [-0.15, -0.1) is 0 Å². The molecule has 5 heteroatoms. The monoisotopic (exact) mass is 266 g/mol. The fourth-order valence-corrected chi connectivity index (χ4v) is 1.54. The Labute approximate surface area is 114 Å². The highest BCUT2D eigenvalue weighted by Gasteiger charge is 2.10. The normalized spacial score (nSPS) is 10.1. The number of benzene rings is 1. The number of hydrogen-bond donors (Lipinski definition) is 1. The van der Waals surface area contributed by atoms with E-state index in [1.54, 1.807) is 6.92 Å². The largest absolute Gasteiger partial charge is 0.494 e. The Morgan fingerprint density at radius 2 is 2.16 bits per heavy atom. The summed E-state index contributed by atoms with van der Waals surface area (Å²) in [6.45, 7) is 5.17. The molecule has 0 saturated carbocycles. The first-order valence-electron chi connectivity index (χ1n) is 6.58. The molecule has 0 aliphatic heterocycles. The highest BCUT2D eigenvalue weighted by atomic mass is 16.6. The van der Waals surface area contributed by atoms with Crippen molar-refractivity contribution in [2.75, 3.05) is 13.2 Å². The van der Waals surface area contributed by atoms with Crippen LogP contribution >= 0.6 is 0 Å². The second-order valence-corrected chi connectivity index (χ2v) is 4.18. The third kappa shape index (κ3) is 5.61. The van der Waals surface area contributed by atoms with E-state index in [2.05, 4.69) is 6.92 Å². The van der Waals surface area contributed by atoms with Crippen LogP contribution in [0.15, 0.2) is 24.3 Å². The SMILES string of the molecule is CCCCOc1cccc(CN(N)C(=O)OCC)c1. The number of amides is 1. The predicted octanol–water partition coefficient (Wildman–Crippen LogP) is 2.70. The van der Waals surface area contributed by atoms with Crippen molar-refractivity contribution < 1.29 is 14.3 Å². The van der Waals surface area contributed by atoms with Crippen molar-refractivity contribution in [3.05, 3.63) is 29.8 Å². The summed E-state index contributed by atoms with van der Waals surface area (Å²) in [7, 11) is 0. The lowest BCUT2D eigenvalue weighted by molar-refractivity contribution is 0.105. The maximum absolute atomic E-state index is 11.4. The summed E-state index contributed by atoms with van der Waals surface area (Å²) in [6, 6.07) is 7.56. The maximum Gasteiger partial charge on any atom is 0.424 e. The Morgan fingerprint density at radius 1 is 1.37 bits per heavy atom. The predicted molar refractivity (Wildman–Crippen MR) is 73.6 cm³/mol. The first-order chi connectivity index (χ1) is 9.17. The van der Waals surface area contributed by atoms with Crippen LogP contribution in [0.1, 0.15) is 32.3 Å². The van der Waals surface area contributed by atoms with E-state index in [1.165, 1.54) is 0 Å². The molecular weight excluding hydrogens is 244 g/mol. The molecule has 0 heterocycles. The van der Waals surface area contributed by atoms with Crippen LogP contribution in [0.25, 0.3) is 0 Å². The fourth-order valence-electron chi connectivity index (χ4n) is 1.54. The molecule has 0 aliphatic carbocycles. The molecule has 0 saturated heterocycles. The van der Waals surface area contributed by atoms with Gasteiger partial charge in [-0.1, -0.05) is 25.5 Å². The third-order valence-corrected chi connectivity index (χ3v) is 2.52. The standard InChI is InChI=1S/C14H22N2O3/c1-3-5-9-19-13-8-6-7-12(10-13)11-16(15)14(17)18-4-2/h6-8,10H,3-5,9,11,15H2,1-2H3. The molecule has 1 rings (SSSR count).